The predicted octanol–water partition coefficient (Wildman–Crippen LogP) is 3.96. The van der Waals surface area contributed by atoms with E-state index in [1.54, 1.807) is 0 Å². The van der Waals surface area contributed by atoms with E-state index in [9.17, 15) is 0 Å². The summed E-state index contributed by atoms with van der Waals surface area (Å²) in [5.74, 6) is 0.812. The van der Waals surface area contributed by atoms with Crippen LogP contribution in [0.4, 0.5) is 5.69 Å². The standard InChI is InChI=1S/C14H18BrN3/c15-13-11(16)6-7-12-14(13)17-9-18(12)8-10-4-2-1-3-5-10/h6-7,9-10H,1-5,8,16H2. The Morgan fingerprint density at radius 2 is 2.06 bits per heavy atom. The van der Waals surface area contributed by atoms with Crippen molar-refractivity contribution in [3.8, 4) is 0 Å². The van der Waals surface area contributed by atoms with Gasteiger partial charge in [0.2, 0.25) is 0 Å². The fourth-order valence-electron chi connectivity index (χ4n) is 2.91. The molecular weight excluding hydrogens is 290 g/mol. The molecule has 1 aromatic carbocycles. The molecule has 0 amide bonds. The highest BCUT2D eigenvalue weighted by atomic mass is 79.9. The van der Waals surface area contributed by atoms with Crippen molar-refractivity contribution in [3.05, 3.63) is 22.9 Å². The lowest BCUT2D eigenvalue weighted by Crippen LogP contribution is -2.13. The van der Waals surface area contributed by atoms with Crippen LogP contribution >= 0.6 is 15.9 Å². The van der Waals surface area contributed by atoms with Gasteiger partial charge in [0.25, 0.3) is 0 Å². The zero-order valence-electron chi connectivity index (χ0n) is 10.4. The third-order valence-electron chi connectivity index (χ3n) is 3.94. The first-order valence-corrected chi connectivity index (χ1v) is 7.44. The first-order valence-electron chi connectivity index (χ1n) is 6.64. The summed E-state index contributed by atoms with van der Waals surface area (Å²) in [4.78, 5) is 4.48. The molecule has 0 aliphatic heterocycles. The van der Waals surface area contributed by atoms with Gasteiger partial charge in [0.05, 0.1) is 16.3 Å². The van der Waals surface area contributed by atoms with Gasteiger partial charge in [-0.2, -0.15) is 0 Å². The van der Waals surface area contributed by atoms with E-state index in [4.69, 9.17) is 5.73 Å². The van der Waals surface area contributed by atoms with Gasteiger partial charge in [0.1, 0.15) is 5.52 Å². The second kappa shape index (κ2) is 4.92. The summed E-state index contributed by atoms with van der Waals surface area (Å²) in [5, 5.41) is 0. The molecule has 1 heterocycles. The van der Waals surface area contributed by atoms with E-state index < -0.39 is 0 Å². The van der Waals surface area contributed by atoms with E-state index in [0.29, 0.717) is 0 Å². The van der Waals surface area contributed by atoms with Crippen molar-refractivity contribution in [2.75, 3.05) is 5.73 Å². The van der Waals surface area contributed by atoms with Crippen molar-refractivity contribution in [3.63, 3.8) is 0 Å². The third kappa shape index (κ3) is 2.14. The van der Waals surface area contributed by atoms with E-state index in [-0.39, 0.29) is 0 Å². The summed E-state index contributed by atoms with van der Waals surface area (Å²) in [6, 6.07) is 4.02. The number of nitrogen functional groups attached to an aromatic ring is 1. The van der Waals surface area contributed by atoms with Gasteiger partial charge in [-0.1, -0.05) is 19.3 Å². The molecule has 4 heteroatoms. The number of benzene rings is 1. The maximum atomic E-state index is 5.88. The topological polar surface area (TPSA) is 43.8 Å². The normalized spacial score (nSPS) is 17.4. The quantitative estimate of drug-likeness (QED) is 0.853. The SMILES string of the molecule is Nc1ccc2c(ncn2CC2CCCCC2)c1Br. The summed E-state index contributed by atoms with van der Waals surface area (Å²) >= 11 is 3.52. The first kappa shape index (κ1) is 12.0. The molecule has 2 aromatic rings. The predicted molar refractivity (Wildman–Crippen MR) is 78.4 cm³/mol. The minimum atomic E-state index is 0.755. The zero-order valence-corrected chi connectivity index (χ0v) is 12.0. The lowest BCUT2D eigenvalue weighted by molar-refractivity contribution is 0.322. The summed E-state index contributed by atoms with van der Waals surface area (Å²) < 4.78 is 3.19. The van der Waals surface area contributed by atoms with E-state index in [1.165, 1.54) is 37.6 Å². The van der Waals surface area contributed by atoms with Crippen molar-refractivity contribution in [1.82, 2.24) is 9.55 Å². The van der Waals surface area contributed by atoms with Gasteiger partial charge < -0.3 is 10.3 Å². The summed E-state index contributed by atoms with van der Waals surface area (Å²) in [6.07, 6.45) is 8.83. The summed E-state index contributed by atoms with van der Waals surface area (Å²) in [6.45, 7) is 1.09. The lowest BCUT2D eigenvalue weighted by atomic mass is 9.89. The highest BCUT2D eigenvalue weighted by Crippen LogP contribution is 2.30. The molecule has 0 atom stereocenters. The number of hydrogen-bond acceptors (Lipinski definition) is 2. The number of rotatable bonds is 2. The maximum Gasteiger partial charge on any atom is 0.105 e. The van der Waals surface area contributed by atoms with Crippen LogP contribution in [0.2, 0.25) is 0 Å². The Hall–Kier alpha value is -1.03. The van der Waals surface area contributed by atoms with Crippen LogP contribution in [0.5, 0.6) is 0 Å². The summed E-state index contributed by atoms with van der Waals surface area (Å²) in [5.41, 5.74) is 8.80. The van der Waals surface area contributed by atoms with Gasteiger partial charge >= 0.3 is 0 Å². The van der Waals surface area contributed by atoms with Crippen LogP contribution in [0.1, 0.15) is 32.1 Å². The van der Waals surface area contributed by atoms with Gasteiger partial charge in [-0.15, -0.1) is 0 Å². The molecule has 18 heavy (non-hydrogen) atoms. The van der Waals surface area contributed by atoms with Crippen LogP contribution in [0.3, 0.4) is 0 Å². The number of halogens is 1. The highest BCUT2D eigenvalue weighted by Gasteiger charge is 2.16. The molecule has 0 saturated heterocycles. The van der Waals surface area contributed by atoms with Crippen molar-refractivity contribution in [1.29, 1.82) is 0 Å². The molecule has 1 aromatic heterocycles. The molecule has 0 spiro atoms. The van der Waals surface area contributed by atoms with Crippen molar-refractivity contribution in [2.45, 2.75) is 38.6 Å². The Balaban J connectivity index is 1.90. The number of fused-ring (bicyclic) bond motifs is 1. The van der Waals surface area contributed by atoms with E-state index in [1.807, 2.05) is 12.4 Å². The molecule has 1 aliphatic rings. The second-order valence-electron chi connectivity index (χ2n) is 5.24. The lowest BCUT2D eigenvalue weighted by Gasteiger charge is -2.22. The number of nitrogens with two attached hydrogens (primary N) is 1. The van der Waals surface area contributed by atoms with Gasteiger partial charge in [-0.05, 0) is 46.8 Å². The molecule has 0 unspecified atom stereocenters. The molecule has 2 N–H and O–H groups in total. The number of anilines is 1. The van der Waals surface area contributed by atoms with Crippen LogP contribution in [0, 0.1) is 5.92 Å². The minimum Gasteiger partial charge on any atom is -0.398 e. The van der Waals surface area contributed by atoms with Crippen LogP contribution < -0.4 is 5.73 Å². The molecule has 0 bridgehead atoms. The first-order chi connectivity index (χ1) is 8.75. The average Bonchev–Trinajstić information content (AvgIpc) is 2.79. The van der Waals surface area contributed by atoms with E-state index in [0.717, 1.165) is 28.1 Å². The van der Waals surface area contributed by atoms with Crippen molar-refractivity contribution >= 4 is 32.7 Å². The average molecular weight is 308 g/mol. The van der Waals surface area contributed by atoms with E-state index in [2.05, 4.69) is 31.5 Å². The molecule has 3 nitrogen and oxygen atoms in total. The fraction of sp³-hybridized carbons (Fsp3) is 0.500. The number of hydrogen-bond donors (Lipinski definition) is 1. The Bertz CT molecular complexity index is 555. The van der Waals surface area contributed by atoms with Crippen LogP contribution in [-0.2, 0) is 6.54 Å². The smallest absolute Gasteiger partial charge is 0.105 e. The van der Waals surface area contributed by atoms with Gasteiger partial charge in [-0.3, -0.25) is 0 Å². The van der Waals surface area contributed by atoms with Gasteiger partial charge in [-0.25, -0.2) is 4.98 Å². The van der Waals surface area contributed by atoms with Crippen molar-refractivity contribution in [2.24, 2.45) is 5.92 Å². The fourth-order valence-corrected chi connectivity index (χ4v) is 3.35. The number of nitrogens with zero attached hydrogens (tertiary/aromatic N) is 2. The third-order valence-corrected chi connectivity index (χ3v) is 4.77. The Kier molecular flexibility index (Phi) is 3.29. The van der Waals surface area contributed by atoms with Crippen LogP contribution in [-0.4, -0.2) is 9.55 Å². The van der Waals surface area contributed by atoms with Crippen LogP contribution in [0.25, 0.3) is 11.0 Å². The Morgan fingerprint density at radius 3 is 2.83 bits per heavy atom. The monoisotopic (exact) mass is 307 g/mol. The Morgan fingerprint density at radius 1 is 1.28 bits per heavy atom. The Labute approximate surface area is 116 Å². The van der Waals surface area contributed by atoms with Crippen LogP contribution in [0.15, 0.2) is 22.9 Å². The van der Waals surface area contributed by atoms with E-state index >= 15 is 0 Å². The van der Waals surface area contributed by atoms with Gasteiger partial charge in [0, 0.05) is 12.2 Å². The molecule has 1 aliphatic carbocycles. The largest absolute Gasteiger partial charge is 0.398 e. The highest BCUT2D eigenvalue weighted by molar-refractivity contribution is 9.10. The van der Waals surface area contributed by atoms with Gasteiger partial charge in [0.15, 0.2) is 0 Å². The molecule has 1 fully saturated rings. The zero-order chi connectivity index (χ0) is 12.5. The summed E-state index contributed by atoms with van der Waals surface area (Å²) in [7, 11) is 0. The second-order valence-corrected chi connectivity index (χ2v) is 6.03. The number of aromatic nitrogens is 2. The molecule has 3 rings (SSSR count). The van der Waals surface area contributed by atoms with Crippen molar-refractivity contribution < 1.29 is 0 Å². The maximum absolute atomic E-state index is 5.88. The number of imidazole rings is 1. The molecule has 0 radical (unpaired) electrons. The molecule has 1 saturated carbocycles. The molecule has 96 valence electrons. The molecular formula is C14H18BrN3. The minimum absolute atomic E-state index is 0.755.